The third kappa shape index (κ3) is 7.18. The first kappa shape index (κ1) is 25.9. The molecule has 37 heavy (non-hydrogen) atoms. The van der Waals surface area contributed by atoms with Crippen LogP contribution < -0.4 is 10.6 Å². The van der Waals surface area contributed by atoms with Gasteiger partial charge < -0.3 is 19.8 Å². The molecular weight excluding hydrogens is 487 g/mol. The quantitative estimate of drug-likeness (QED) is 0.320. The Morgan fingerprint density at radius 2 is 1.78 bits per heavy atom. The molecule has 2 aromatic heterocycles. The summed E-state index contributed by atoms with van der Waals surface area (Å²) in [5.74, 6) is 0.306. The normalized spacial score (nSPS) is 12.8. The Bertz CT molecular complexity index is 1360. The number of hydrogen-bond acceptors (Lipinski definition) is 7. The van der Waals surface area contributed by atoms with Crippen LogP contribution in [0.1, 0.15) is 31.9 Å². The average Bonchev–Trinajstić information content (AvgIpc) is 3.30. The highest BCUT2D eigenvalue weighted by atomic mass is 19.4. The van der Waals surface area contributed by atoms with Crippen LogP contribution >= 0.6 is 0 Å². The van der Waals surface area contributed by atoms with Crippen LogP contribution in [-0.4, -0.2) is 39.5 Å². The summed E-state index contributed by atoms with van der Waals surface area (Å²) in [5.41, 5.74) is -0.122. The van der Waals surface area contributed by atoms with Crippen molar-refractivity contribution in [2.45, 2.75) is 45.0 Å². The van der Waals surface area contributed by atoms with Gasteiger partial charge in [-0.15, -0.1) is 5.10 Å². The third-order valence-corrected chi connectivity index (χ3v) is 5.30. The lowest BCUT2D eigenvalue weighted by Crippen LogP contribution is -2.43. The number of aromatic nitrogens is 3. The summed E-state index contributed by atoms with van der Waals surface area (Å²) in [6, 6.07) is 11.9. The van der Waals surface area contributed by atoms with E-state index < -0.39 is 29.5 Å². The van der Waals surface area contributed by atoms with E-state index in [4.69, 9.17) is 9.15 Å². The largest absolute Gasteiger partial charge is 0.444 e. The summed E-state index contributed by atoms with van der Waals surface area (Å²) in [6.45, 7) is 5.36. The van der Waals surface area contributed by atoms with Gasteiger partial charge in [0.05, 0.1) is 11.6 Å². The average molecular weight is 514 g/mol. The fourth-order valence-electron chi connectivity index (χ4n) is 3.60. The number of anilines is 1. The number of amides is 1. The SMILES string of the molecule is CC(C)(C)OC(=O)N[C@H](CNc1nnc(-c2ccc3cnccc3c2)o1)Cc1ccc(C(F)(F)F)cc1. The molecule has 0 aliphatic rings. The summed E-state index contributed by atoms with van der Waals surface area (Å²) in [5, 5.41) is 15.8. The predicted octanol–water partition coefficient (Wildman–Crippen LogP) is 5.85. The molecule has 0 spiro atoms. The zero-order valence-electron chi connectivity index (χ0n) is 20.5. The second-order valence-electron chi connectivity index (χ2n) is 9.47. The molecule has 0 aliphatic heterocycles. The molecule has 0 aliphatic carbocycles. The molecule has 2 heterocycles. The minimum Gasteiger partial charge on any atom is -0.444 e. The number of nitrogens with zero attached hydrogens (tertiary/aromatic N) is 3. The van der Waals surface area contributed by atoms with Crippen LogP contribution in [0.3, 0.4) is 0 Å². The Morgan fingerprint density at radius 3 is 2.49 bits per heavy atom. The van der Waals surface area contributed by atoms with E-state index in [1.165, 1.54) is 12.1 Å². The van der Waals surface area contributed by atoms with Crippen molar-refractivity contribution in [3.63, 3.8) is 0 Å². The van der Waals surface area contributed by atoms with Gasteiger partial charge in [0.25, 0.3) is 0 Å². The van der Waals surface area contributed by atoms with Gasteiger partial charge in [-0.3, -0.25) is 4.98 Å². The highest BCUT2D eigenvalue weighted by Gasteiger charge is 2.30. The van der Waals surface area contributed by atoms with E-state index in [2.05, 4.69) is 25.8 Å². The number of ether oxygens (including phenoxy) is 1. The molecule has 0 unspecified atom stereocenters. The molecule has 0 bridgehead atoms. The maximum atomic E-state index is 12.9. The van der Waals surface area contributed by atoms with Crippen LogP contribution in [0.15, 0.2) is 65.3 Å². The molecule has 2 N–H and O–H groups in total. The molecule has 0 fully saturated rings. The number of halogens is 3. The van der Waals surface area contributed by atoms with E-state index in [9.17, 15) is 18.0 Å². The van der Waals surface area contributed by atoms with Crippen molar-refractivity contribution in [2.24, 2.45) is 0 Å². The van der Waals surface area contributed by atoms with Crippen molar-refractivity contribution in [3.8, 4) is 11.5 Å². The summed E-state index contributed by atoms with van der Waals surface area (Å²) >= 11 is 0. The second kappa shape index (κ2) is 10.5. The molecule has 0 saturated carbocycles. The number of alkyl halides is 3. The standard InChI is InChI=1S/C26H26F3N5O3/c1-25(2,3)37-24(35)32-21(12-16-4-8-20(9-5-16)26(27,28)29)15-31-23-34-33-22(36-23)18-6-7-19-14-30-11-10-17(19)13-18/h4-11,13-14,21H,12,15H2,1-3H3,(H,31,34)(H,32,35)/t21-/m0/s1. The van der Waals surface area contributed by atoms with E-state index in [1.54, 1.807) is 33.2 Å². The molecule has 8 nitrogen and oxygen atoms in total. The predicted molar refractivity (Wildman–Crippen MR) is 132 cm³/mol. The van der Waals surface area contributed by atoms with Gasteiger partial charge in [-0.25, -0.2) is 4.79 Å². The number of carbonyl (C=O) groups excluding carboxylic acids is 1. The van der Waals surface area contributed by atoms with Crippen molar-refractivity contribution < 1.29 is 27.1 Å². The first-order valence-electron chi connectivity index (χ1n) is 11.5. The molecule has 0 radical (unpaired) electrons. The smallest absolute Gasteiger partial charge is 0.416 e. The van der Waals surface area contributed by atoms with Crippen LogP contribution in [0.25, 0.3) is 22.2 Å². The Balaban J connectivity index is 1.46. The van der Waals surface area contributed by atoms with Gasteiger partial charge in [0, 0.05) is 29.9 Å². The molecule has 194 valence electrons. The minimum atomic E-state index is -4.42. The zero-order chi connectivity index (χ0) is 26.6. The Morgan fingerprint density at radius 1 is 1.03 bits per heavy atom. The van der Waals surface area contributed by atoms with Crippen molar-refractivity contribution in [2.75, 3.05) is 11.9 Å². The summed E-state index contributed by atoms with van der Waals surface area (Å²) in [4.78, 5) is 16.5. The highest BCUT2D eigenvalue weighted by Crippen LogP contribution is 2.29. The Kier molecular flexibility index (Phi) is 7.33. The number of carbonyl (C=O) groups is 1. The lowest BCUT2D eigenvalue weighted by atomic mass is 10.0. The second-order valence-corrected chi connectivity index (χ2v) is 9.47. The monoisotopic (exact) mass is 513 g/mol. The van der Waals surface area contributed by atoms with Gasteiger partial charge in [-0.1, -0.05) is 23.3 Å². The fraction of sp³-hybridized carbons (Fsp3) is 0.308. The first-order valence-corrected chi connectivity index (χ1v) is 11.5. The highest BCUT2D eigenvalue weighted by molar-refractivity contribution is 5.85. The molecule has 4 aromatic rings. The van der Waals surface area contributed by atoms with Gasteiger partial charge in [0.2, 0.25) is 5.89 Å². The maximum absolute atomic E-state index is 12.9. The zero-order valence-corrected chi connectivity index (χ0v) is 20.5. The van der Waals surface area contributed by atoms with E-state index in [0.29, 0.717) is 11.5 Å². The van der Waals surface area contributed by atoms with Gasteiger partial charge in [-0.2, -0.15) is 13.2 Å². The lowest BCUT2D eigenvalue weighted by Gasteiger charge is -2.24. The number of pyridine rings is 1. The van der Waals surface area contributed by atoms with Crippen molar-refractivity contribution in [3.05, 3.63) is 72.1 Å². The Hall–Kier alpha value is -4.15. The number of nitrogens with one attached hydrogen (secondary N) is 2. The Labute approximate surface area is 211 Å². The topological polar surface area (TPSA) is 102 Å². The number of benzene rings is 2. The van der Waals surface area contributed by atoms with Crippen LogP contribution in [0.5, 0.6) is 0 Å². The number of fused-ring (bicyclic) bond motifs is 1. The molecule has 2 aromatic carbocycles. The molecule has 1 atom stereocenters. The number of hydrogen-bond donors (Lipinski definition) is 2. The van der Waals surface area contributed by atoms with Gasteiger partial charge in [0.1, 0.15) is 5.60 Å². The molecule has 11 heteroatoms. The number of alkyl carbamates (subject to hydrolysis) is 1. The van der Waals surface area contributed by atoms with Gasteiger partial charge in [-0.05, 0) is 68.5 Å². The summed E-state index contributed by atoms with van der Waals surface area (Å²) in [7, 11) is 0. The van der Waals surface area contributed by atoms with Crippen LogP contribution in [0, 0.1) is 0 Å². The third-order valence-electron chi connectivity index (χ3n) is 5.30. The van der Waals surface area contributed by atoms with Gasteiger partial charge in [0.15, 0.2) is 0 Å². The van der Waals surface area contributed by atoms with Crippen molar-refractivity contribution in [1.29, 1.82) is 0 Å². The van der Waals surface area contributed by atoms with Crippen LogP contribution in [0.4, 0.5) is 24.0 Å². The van der Waals surface area contributed by atoms with E-state index >= 15 is 0 Å². The van der Waals surface area contributed by atoms with Crippen LogP contribution in [0.2, 0.25) is 0 Å². The summed E-state index contributed by atoms with van der Waals surface area (Å²) < 4.78 is 49.8. The van der Waals surface area contributed by atoms with E-state index in [1.807, 2.05) is 24.3 Å². The van der Waals surface area contributed by atoms with Gasteiger partial charge >= 0.3 is 18.3 Å². The van der Waals surface area contributed by atoms with E-state index in [-0.39, 0.29) is 19.0 Å². The maximum Gasteiger partial charge on any atom is 0.416 e. The summed E-state index contributed by atoms with van der Waals surface area (Å²) in [6.07, 6.45) is -1.38. The molecule has 0 saturated heterocycles. The van der Waals surface area contributed by atoms with Crippen molar-refractivity contribution in [1.82, 2.24) is 20.5 Å². The first-order chi connectivity index (χ1) is 17.5. The molecular formula is C26H26F3N5O3. The molecule has 4 rings (SSSR count). The minimum absolute atomic E-state index is 0.133. The number of rotatable bonds is 7. The van der Waals surface area contributed by atoms with Crippen molar-refractivity contribution >= 4 is 22.9 Å². The molecule has 1 amide bonds. The van der Waals surface area contributed by atoms with Crippen LogP contribution in [-0.2, 0) is 17.3 Å². The fourth-order valence-corrected chi connectivity index (χ4v) is 3.60. The lowest BCUT2D eigenvalue weighted by molar-refractivity contribution is -0.137. The van der Waals surface area contributed by atoms with E-state index in [0.717, 1.165) is 28.5 Å².